The fraction of sp³-hybridized carbons (Fsp3) is 0.462. The summed E-state index contributed by atoms with van der Waals surface area (Å²) in [6.45, 7) is 4.14. The van der Waals surface area contributed by atoms with Gasteiger partial charge in [-0.1, -0.05) is 11.6 Å². The van der Waals surface area contributed by atoms with E-state index in [1.165, 1.54) is 0 Å². The highest BCUT2D eigenvalue weighted by Crippen LogP contribution is 2.26. The van der Waals surface area contributed by atoms with Crippen LogP contribution >= 0.6 is 11.6 Å². The van der Waals surface area contributed by atoms with Crippen LogP contribution in [0, 0.1) is 0 Å². The second-order valence-electron chi connectivity index (χ2n) is 4.18. The minimum absolute atomic E-state index is 0.304. The molecule has 2 rings (SSSR count). The third-order valence-corrected chi connectivity index (χ3v) is 3.18. The minimum Gasteiger partial charge on any atom is -0.462 e. The fourth-order valence-electron chi connectivity index (χ4n) is 2.12. The third kappa shape index (κ3) is 2.99. The molecule has 4 heteroatoms. The van der Waals surface area contributed by atoms with Crippen LogP contribution in [0.4, 0.5) is 0 Å². The van der Waals surface area contributed by atoms with Gasteiger partial charge in [0.2, 0.25) is 0 Å². The van der Waals surface area contributed by atoms with Gasteiger partial charge in [-0.15, -0.1) is 0 Å². The zero-order valence-electron chi connectivity index (χ0n) is 9.83. The van der Waals surface area contributed by atoms with Crippen molar-refractivity contribution in [3.8, 4) is 0 Å². The van der Waals surface area contributed by atoms with Gasteiger partial charge in [-0.3, -0.25) is 0 Å². The van der Waals surface area contributed by atoms with E-state index in [9.17, 15) is 4.79 Å². The van der Waals surface area contributed by atoms with Gasteiger partial charge in [0.15, 0.2) is 0 Å². The van der Waals surface area contributed by atoms with Crippen molar-refractivity contribution in [1.82, 2.24) is 5.32 Å². The summed E-state index contributed by atoms with van der Waals surface area (Å²) < 4.78 is 4.99. The normalized spacial score (nSPS) is 19.3. The van der Waals surface area contributed by atoms with E-state index in [-0.39, 0.29) is 5.97 Å². The molecule has 1 aliphatic rings. The molecular weight excluding hydrogens is 238 g/mol. The second-order valence-corrected chi connectivity index (χ2v) is 4.62. The predicted molar refractivity (Wildman–Crippen MR) is 67.6 cm³/mol. The summed E-state index contributed by atoms with van der Waals surface area (Å²) in [5.41, 5.74) is 1.66. The largest absolute Gasteiger partial charge is 0.462 e. The summed E-state index contributed by atoms with van der Waals surface area (Å²) in [4.78, 5) is 11.7. The van der Waals surface area contributed by atoms with Crippen LogP contribution in [-0.4, -0.2) is 25.7 Å². The Hall–Kier alpha value is -1.06. The molecule has 0 amide bonds. The summed E-state index contributed by atoms with van der Waals surface area (Å²) in [7, 11) is 0. The van der Waals surface area contributed by atoms with Crippen LogP contribution in [-0.2, 0) is 4.74 Å². The van der Waals surface area contributed by atoms with Crippen LogP contribution in [0.25, 0.3) is 0 Å². The molecule has 3 nitrogen and oxygen atoms in total. The van der Waals surface area contributed by atoms with Crippen molar-refractivity contribution in [3.05, 3.63) is 34.3 Å². The average molecular weight is 254 g/mol. The number of halogens is 1. The molecule has 1 aromatic rings. The first-order valence-corrected chi connectivity index (χ1v) is 6.27. The van der Waals surface area contributed by atoms with Crippen molar-refractivity contribution in [1.29, 1.82) is 0 Å². The predicted octanol–water partition coefficient (Wildman–Crippen LogP) is 2.59. The van der Waals surface area contributed by atoms with Gasteiger partial charge >= 0.3 is 5.97 Å². The monoisotopic (exact) mass is 253 g/mol. The summed E-state index contributed by atoms with van der Waals surface area (Å²) in [5.74, 6) is 0.143. The SMILES string of the molecule is CCOC(=O)c1cc(Cl)cc(C2CCNC2)c1. The van der Waals surface area contributed by atoms with E-state index in [1.54, 1.807) is 13.0 Å². The van der Waals surface area contributed by atoms with Crippen molar-refractivity contribution in [2.75, 3.05) is 19.7 Å². The molecule has 1 fully saturated rings. The van der Waals surface area contributed by atoms with Crippen molar-refractivity contribution >= 4 is 17.6 Å². The van der Waals surface area contributed by atoms with E-state index in [2.05, 4.69) is 5.32 Å². The van der Waals surface area contributed by atoms with Crippen LogP contribution in [0.15, 0.2) is 18.2 Å². The fourth-order valence-corrected chi connectivity index (χ4v) is 2.36. The first-order valence-electron chi connectivity index (χ1n) is 5.89. The molecule has 1 unspecified atom stereocenters. The summed E-state index contributed by atoms with van der Waals surface area (Å²) in [5, 5.41) is 3.90. The highest BCUT2D eigenvalue weighted by Gasteiger charge is 2.19. The molecule has 0 radical (unpaired) electrons. The maximum atomic E-state index is 11.7. The molecule has 92 valence electrons. The lowest BCUT2D eigenvalue weighted by Crippen LogP contribution is -2.09. The number of nitrogens with one attached hydrogen (secondary N) is 1. The van der Waals surface area contributed by atoms with Crippen LogP contribution in [0.1, 0.15) is 35.2 Å². The van der Waals surface area contributed by atoms with Crippen LogP contribution in [0.2, 0.25) is 5.02 Å². The topological polar surface area (TPSA) is 38.3 Å². The quantitative estimate of drug-likeness (QED) is 0.842. The maximum Gasteiger partial charge on any atom is 0.338 e. The Bertz CT molecular complexity index is 414. The number of ether oxygens (including phenoxy) is 1. The van der Waals surface area contributed by atoms with Crippen molar-refractivity contribution in [2.45, 2.75) is 19.3 Å². The van der Waals surface area contributed by atoms with E-state index in [1.807, 2.05) is 12.1 Å². The Morgan fingerprint density at radius 3 is 3.00 bits per heavy atom. The van der Waals surface area contributed by atoms with Crippen LogP contribution in [0.5, 0.6) is 0 Å². The minimum atomic E-state index is -0.304. The summed E-state index contributed by atoms with van der Waals surface area (Å²) in [6, 6.07) is 5.48. The van der Waals surface area contributed by atoms with Crippen molar-refractivity contribution < 1.29 is 9.53 Å². The zero-order valence-corrected chi connectivity index (χ0v) is 10.6. The number of benzene rings is 1. The van der Waals surface area contributed by atoms with Gasteiger partial charge in [0.05, 0.1) is 12.2 Å². The molecule has 1 aliphatic heterocycles. The van der Waals surface area contributed by atoms with Crippen LogP contribution in [0.3, 0.4) is 0 Å². The maximum absolute atomic E-state index is 11.7. The highest BCUT2D eigenvalue weighted by molar-refractivity contribution is 6.31. The first-order chi connectivity index (χ1) is 8.20. The Morgan fingerprint density at radius 1 is 1.53 bits per heavy atom. The summed E-state index contributed by atoms with van der Waals surface area (Å²) in [6.07, 6.45) is 1.09. The first kappa shape index (κ1) is 12.4. The molecule has 1 saturated heterocycles. The Balaban J connectivity index is 2.25. The van der Waals surface area contributed by atoms with Gasteiger partial charge in [0.25, 0.3) is 0 Å². The number of carbonyl (C=O) groups excluding carboxylic acids is 1. The number of hydrogen-bond acceptors (Lipinski definition) is 3. The molecule has 1 N–H and O–H groups in total. The van der Waals surface area contributed by atoms with Crippen molar-refractivity contribution in [2.24, 2.45) is 0 Å². The number of hydrogen-bond donors (Lipinski definition) is 1. The Kier molecular flexibility index (Phi) is 4.02. The molecule has 0 aromatic heterocycles. The second kappa shape index (κ2) is 5.52. The Morgan fingerprint density at radius 2 is 2.35 bits per heavy atom. The van der Waals surface area contributed by atoms with E-state index in [4.69, 9.17) is 16.3 Å². The molecule has 1 atom stereocenters. The Labute approximate surface area is 106 Å². The van der Waals surface area contributed by atoms with E-state index >= 15 is 0 Å². The van der Waals surface area contributed by atoms with E-state index in [0.717, 1.165) is 25.1 Å². The van der Waals surface area contributed by atoms with E-state index in [0.29, 0.717) is 23.1 Å². The number of esters is 1. The molecule has 0 spiro atoms. The molecule has 17 heavy (non-hydrogen) atoms. The number of rotatable bonds is 3. The number of carbonyl (C=O) groups is 1. The lowest BCUT2D eigenvalue weighted by molar-refractivity contribution is 0.0526. The highest BCUT2D eigenvalue weighted by atomic mass is 35.5. The van der Waals surface area contributed by atoms with Crippen molar-refractivity contribution in [3.63, 3.8) is 0 Å². The molecule has 1 aromatic carbocycles. The molecule has 1 heterocycles. The zero-order chi connectivity index (χ0) is 12.3. The smallest absolute Gasteiger partial charge is 0.338 e. The summed E-state index contributed by atoms with van der Waals surface area (Å²) >= 11 is 6.04. The standard InChI is InChI=1S/C13H16ClNO2/c1-2-17-13(16)11-5-10(6-12(14)7-11)9-3-4-15-8-9/h5-7,9,15H,2-4,8H2,1H3. The average Bonchev–Trinajstić information content (AvgIpc) is 2.82. The molecule has 0 aliphatic carbocycles. The van der Waals surface area contributed by atoms with Gasteiger partial charge in [-0.2, -0.15) is 0 Å². The lowest BCUT2D eigenvalue weighted by Gasteiger charge is -2.11. The van der Waals surface area contributed by atoms with Gasteiger partial charge in [-0.25, -0.2) is 4.79 Å². The van der Waals surface area contributed by atoms with Gasteiger partial charge in [-0.05, 0) is 49.6 Å². The van der Waals surface area contributed by atoms with Gasteiger partial charge in [0.1, 0.15) is 0 Å². The van der Waals surface area contributed by atoms with E-state index < -0.39 is 0 Å². The molecule has 0 bridgehead atoms. The van der Waals surface area contributed by atoms with Crippen LogP contribution < -0.4 is 5.32 Å². The van der Waals surface area contributed by atoms with Gasteiger partial charge < -0.3 is 10.1 Å². The van der Waals surface area contributed by atoms with Gasteiger partial charge in [0, 0.05) is 11.6 Å². The third-order valence-electron chi connectivity index (χ3n) is 2.96. The molecular formula is C13H16ClNO2. The lowest BCUT2D eigenvalue weighted by atomic mass is 9.96. The molecule has 0 saturated carbocycles.